The van der Waals surface area contributed by atoms with Crippen LogP contribution in [0.2, 0.25) is 0 Å². The van der Waals surface area contributed by atoms with Crippen molar-refractivity contribution in [2.24, 2.45) is 0 Å². The van der Waals surface area contributed by atoms with Crippen molar-refractivity contribution in [3.05, 3.63) is 340 Å². The zero-order valence-corrected chi connectivity index (χ0v) is 53.9. The van der Waals surface area contributed by atoms with Gasteiger partial charge >= 0.3 is 0 Å². The second-order valence-corrected chi connectivity index (χ2v) is 26.0. The van der Waals surface area contributed by atoms with Gasteiger partial charge in [-0.05, 0) is 133 Å². The van der Waals surface area contributed by atoms with Crippen molar-refractivity contribution in [2.45, 2.75) is 0 Å². The first-order chi connectivity index (χ1) is 49.7. The summed E-state index contributed by atoms with van der Waals surface area (Å²) in [6, 6.07) is 113. The molecule has 0 aliphatic rings. The van der Waals surface area contributed by atoms with Crippen LogP contribution in [0.3, 0.4) is 0 Å². The van der Waals surface area contributed by atoms with Crippen LogP contribution >= 0.6 is 0 Å². The van der Waals surface area contributed by atoms with E-state index in [0.717, 1.165) is 38.7 Å². The van der Waals surface area contributed by atoms with Crippen LogP contribution in [0.25, 0.3) is 196 Å². The summed E-state index contributed by atoms with van der Waals surface area (Å²) in [5, 5.41) is 27.8. The Morgan fingerprint density at radius 2 is 0.460 bits per heavy atom. The fourth-order valence-electron chi connectivity index (χ4n) is 16.5. The average molecular weight is 1270 g/mol. The fraction of sp³-hybridized carbons (Fsp3) is 0. The minimum absolute atomic E-state index is 0.904. The molecule has 0 atom stereocenters. The summed E-state index contributed by atoms with van der Waals surface area (Å²) >= 11 is 0. The summed E-state index contributed by atoms with van der Waals surface area (Å²) in [4.78, 5) is 18.8. The van der Waals surface area contributed by atoms with Gasteiger partial charge in [0.25, 0.3) is 0 Å². The largest absolute Gasteiger partial charge is 0.309 e. The summed E-state index contributed by atoms with van der Waals surface area (Å²) in [5.74, 6) is 0. The first-order valence-corrected chi connectivity index (χ1v) is 34.0. The molecule has 464 valence electrons. The van der Waals surface area contributed by atoms with Crippen molar-refractivity contribution in [1.29, 1.82) is 0 Å². The van der Waals surface area contributed by atoms with Crippen molar-refractivity contribution >= 4 is 196 Å². The highest BCUT2D eigenvalue weighted by Gasteiger charge is 2.20. The minimum atomic E-state index is 0.904. The standard InChI is InChI=1S/C24H15N.2C23H14N2.C22H13N3/c1-3-9-18-16(7-1)13-14-20-19-10-4-6-12-22(19)25-21-11-5-2-8-17(21)15-23(25)24(18)20;1-3-8-17-15(6-1)11-12-18-19-9-5-13-24-23(19)25-20-10-4-2-7-16(20)14-21(25)22(17)18;1-3-8-17-15(6-1)11-12-18-22(17)21-14-16-7-2-4-9-19(16)25(21)20-10-5-13-24-23(18)20;1-3-7-16-14(5-1)9-10-17-20(16)19-13-15-6-2-4-8-18(15)25(19)22-21(17)23-11-12-24-22/h1-15H;2*1-14H;1-13H. The van der Waals surface area contributed by atoms with Gasteiger partial charge in [-0.25, -0.2) is 9.97 Å². The summed E-state index contributed by atoms with van der Waals surface area (Å²) in [7, 11) is 0. The molecule has 24 aromatic rings. The third-order valence-electron chi connectivity index (χ3n) is 20.7. The Morgan fingerprint density at radius 1 is 0.160 bits per heavy atom. The molecule has 11 aromatic heterocycles. The zero-order chi connectivity index (χ0) is 65.5. The third-order valence-corrected chi connectivity index (χ3v) is 20.7. The number of pyridine rings is 6. The van der Waals surface area contributed by atoms with E-state index in [0.29, 0.717) is 0 Å². The lowest BCUT2D eigenvalue weighted by Gasteiger charge is -2.12. The van der Waals surface area contributed by atoms with Crippen LogP contribution in [0.5, 0.6) is 0 Å². The molecule has 0 amide bonds. The van der Waals surface area contributed by atoms with E-state index in [2.05, 4.69) is 331 Å². The predicted octanol–water partition coefficient (Wildman–Crippen LogP) is 23.8. The maximum atomic E-state index is 4.73. The Labute approximate surface area is 570 Å². The van der Waals surface area contributed by atoms with E-state index in [1.54, 1.807) is 12.4 Å². The number of fused-ring (bicyclic) bond motifs is 40. The number of nitrogens with zero attached hydrogens (tertiary/aromatic N) is 8. The molecule has 0 saturated heterocycles. The van der Waals surface area contributed by atoms with Crippen LogP contribution < -0.4 is 0 Å². The number of hydrogen-bond donors (Lipinski definition) is 0. The number of para-hydroxylation sites is 5. The highest BCUT2D eigenvalue weighted by Crippen LogP contribution is 2.42. The molecule has 0 fully saturated rings. The summed E-state index contributed by atoms with van der Waals surface area (Å²) in [6.07, 6.45) is 7.30. The highest BCUT2D eigenvalue weighted by atomic mass is 15.0. The van der Waals surface area contributed by atoms with Crippen LogP contribution in [0.15, 0.2) is 340 Å². The number of rotatable bonds is 0. The SMILES string of the molecule is c1ccc2c(c1)ccc1c3ccccc3n3c4ccccc4cc3c21.c1ccc2c(c1)ccc1c3cccnc3n3c4ccccc4cc3c21.c1ccc2c(c1)ccc1c3ncccc3n3c4ccccc4cc3c21.c1ccc2c(c1)ccc1c3nccnc3n3c4ccccc4cc3c21. The van der Waals surface area contributed by atoms with Gasteiger partial charge in [0.1, 0.15) is 11.2 Å². The molecular formula is C92H56N8. The Kier molecular flexibility index (Phi) is 12.2. The average Bonchev–Trinajstić information content (AvgIpc) is 1.53. The smallest absolute Gasteiger partial charge is 0.164 e. The van der Waals surface area contributed by atoms with Crippen molar-refractivity contribution < 1.29 is 0 Å². The Hall–Kier alpha value is -13.6. The summed E-state index contributed by atoms with van der Waals surface area (Å²) in [5.41, 5.74) is 16.1. The molecule has 13 aromatic carbocycles. The number of aromatic nitrogens is 8. The molecule has 8 nitrogen and oxygen atoms in total. The van der Waals surface area contributed by atoms with E-state index in [9.17, 15) is 0 Å². The molecule has 100 heavy (non-hydrogen) atoms. The first-order valence-electron chi connectivity index (χ1n) is 34.0. The highest BCUT2D eigenvalue weighted by molar-refractivity contribution is 6.28. The second-order valence-electron chi connectivity index (χ2n) is 26.0. The van der Waals surface area contributed by atoms with E-state index >= 15 is 0 Å². The van der Waals surface area contributed by atoms with Crippen LogP contribution in [0, 0.1) is 0 Å². The maximum Gasteiger partial charge on any atom is 0.164 e. The van der Waals surface area contributed by atoms with Gasteiger partial charge in [0.05, 0.1) is 60.7 Å². The molecule has 0 aliphatic heterocycles. The monoisotopic (exact) mass is 1270 g/mol. The molecule has 0 N–H and O–H groups in total. The van der Waals surface area contributed by atoms with Gasteiger partial charge in [-0.3, -0.25) is 18.8 Å². The van der Waals surface area contributed by atoms with Gasteiger partial charge in [-0.15, -0.1) is 0 Å². The van der Waals surface area contributed by atoms with E-state index < -0.39 is 0 Å². The fourth-order valence-corrected chi connectivity index (χ4v) is 16.5. The molecule has 8 heteroatoms. The van der Waals surface area contributed by atoms with Gasteiger partial charge in [0, 0.05) is 89.4 Å². The molecule has 0 bridgehead atoms. The Morgan fingerprint density at radius 3 is 0.960 bits per heavy atom. The van der Waals surface area contributed by atoms with E-state index in [1.165, 1.54) is 157 Å². The van der Waals surface area contributed by atoms with Crippen molar-refractivity contribution in [2.75, 3.05) is 0 Å². The molecule has 0 radical (unpaired) electrons. The first kappa shape index (κ1) is 55.7. The number of hydrogen-bond acceptors (Lipinski definition) is 4. The topological polar surface area (TPSA) is 69.2 Å². The molecular weight excluding hydrogens is 1220 g/mol. The third kappa shape index (κ3) is 8.28. The van der Waals surface area contributed by atoms with Crippen LogP contribution in [-0.4, -0.2) is 37.5 Å². The van der Waals surface area contributed by atoms with Gasteiger partial charge in [-0.2, -0.15) is 0 Å². The van der Waals surface area contributed by atoms with Crippen molar-refractivity contribution in [3.63, 3.8) is 0 Å². The molecule has 0 unspecified atom stereocenters. The molecule has 0 saturated carbocycles. The molecule has 24 rings (SSSR count). The van der Waals surface area contributed by atoms with Gasteiger partial charge < -0.3 is 8.80 Å². The predicted molar refractivity (Wildman–Crippen MR) is 421 cm³/mol. The lowest BCUT2D eigenvalue weighted by molar-refractivity contribution is 1.20. The Balaban J connectivity index is 0.0000000873. The summed E-state index contributed by atoms with van der Waals surface area (Å²) < 4.78 is 9.32. The van der Waals surface area contributed by atoms with Gasteiger partial charge in [0.2, 0.25) is 0 Å². The molecule has 11 heterocycles. The maximum absolute atomic E-state index is 4.73. The number of benzene rings is 13. The van der Waals surface area contributed by atoms with E-state index in [1.807, 2.05) is 24.5 Å². The van der Waals surface area contributed by atoms with E-state index in [4.69, 9.17) is 9.97 Å². The second kappa shape index (κ2) is 22.0. The van der Waals surface area contributed by atoms with Crippen LogP contribution in [0.4, 0.5) is 0 Å². The summed E-state index contributed by atoms with van der Waals surface area (Å²) in [6.45, 7) is 0. The molecule has 0 spiro atoms. The minimum Gasteiger partial charge on any atom is -0.309 e. The zero-order valence-electron chi connectivity index (χ0n) is 53.9. The van der Waals surface area contributed by atoms with Crippen LogP contribution in [-0.2, 0) is 0 Å². The van der Waals surface area contributed by atoms with Crippen LogP contribution in [0.1, 0.15) is 0 Å². The quantitative estimate of drug-likeness (QED) is 0.142. The van der Waals surface area contributed by atoms with Crippen molar-refractivity contribution in [3.8, 4) is 0 Å². The van der Waals surface area contributed by atoms with Gasteiger partial charge in [-0.1, -0.05) is 237 Å². The normalized spacial score (nSPS) is 12.0. The lowest BCUT2D eigenvalue weighted by Crippen LogP contribution is -1.95. The van der Waals surface area contributed by atoms with Gasteiger partial charge in [0.15, 0.2) is 5.65 Å². The van der Waals surface area contributed by atoms with Crippen molar-refractivity contribution in [1.82, 2.24) is 37.5 Å². The van der Waals surface area contributed by atoms with E-state index in [-0.39, 0.29) is 0 Å². The molecule has 0 aliphatic carbocycles. The lowest BCUT2D eigenvalue weighted by atomic mass is 9.99. The Bertz CT molecular complexity index is 6660.